The number of nitrogens with zero attached hydrogens (tertiary/aromatic N) is 1. The van der Waals surface area contributed by atoms with E-state index in [0.29, 0.717) is 0 Å². The molecule has 1 amide bonds. The molecule has 2 aromatic rings. The van der Waals surface area contributed by atoms with Crippen LogP contribution in [0.2, 0.25) is 0 Å². The fraction of sp³-hybridized carbons (Fsp3) is 0.385. The van der Waals surface area contributed by atoms with Crippen molar-refractivity contribution in [1.29, 1.82) is 0 Å². The van der Waals surface area contributed by atoms with Gasteiger partial charge >= 0.3 is 0 Å². The predicted molar refractivity (Wildman–Crippen MR) is 76.3 cm³/mol. The van der Waals surface area contributed by atoms with Crippen LogP contribution < -0.4 is 5.32 Å². The number of nitrogens with one attached hydrogen (secondary N) is 1. The van der Waals surface area contributed by atoms with Gasteiger partial charge in [0.1, 0.15) is 5.01 Å². The number of aryl methyl sites for hydroxylation is 1. The first-order chi connectivity index (χ1) is 8.55. The molecule has 2 heterocycles. The van der Waals surface area contributed by atoms with E-state index in [4.69, 9.17) is 0 Å². The van der Waals surface area contributed by atoms with Gasteiger partial charge < -0.3 is 5.32 Å². The lowest BCUT2D eigenvalue weighted by Gasteiger charge is -2.27. The van der Waals surface area contributed by atoms with Crippen molar-refractivity contribution in [3.63, 3.8) is 0 Å². The average Bonchev–Trinajstić information content (AvgIpc) is 2.99. The summed E-state index contributed by atoms with van der Waals surface area (Å²) in [6.45, 7) is 6.08. The molecular weight excluding hydrogens is 264 g/mol. The van der Waals surface area contributed by atoms with Crippen LogP contribution >= 0.6 is 22.7 Å². The minimum absolute atomic E-state index is 0.0207. The molecule has 0 fully saturated rings. The number of amides is 1. The van der Waals surface area contributed by atoms with Crippen LogP contribution in [-0.2, 0) is 5.54 Å². The van der Waals surface area contributed by atoms with E-state index in [9.17, 15) is 4.79 Å². The molecule has 2 aromatic heterocycles. The van der Waals surface area contributed by atoms with E-state index in [0.717, 1.165) is 21.2 Å². The summed E-state index contributed by atoms with van der Waals surface area (Å²) in [5.74, 6) is -0.0207. The highest BCUT2D eigenvalue weighted by Gasteiger charge is 2.29. The monoisotopic (exact) mass is 280 g/mol. The third kappa shape index (κ3) is 2.62. The second kappa shape index (κ2) is 5.20. The van der Waals surface area contributed by atoms with Gasteiger partial charge in [-0.15, -0.1) is 22.7 Å². The van der Waals surface area contributed by atoms with Gasteiger partial charge in [0, 0.05) is 16.5 Å². The van der Waals surface area contributed by atoms with Crippen LogP contribution in [0.3, 0.4) is 0 Å². The van der Waals surface area contributed by atoms with Gasteiger partial charge in [0.15, 0.2) is 0 Å². The molecule has 0 saturated heterocycles. The van der Waals surface area contributed by atoms with Crippen molar-refractivity contribution in [1.82, 2.24) is 10.3 Å². The number of hydrogen-bond acceptors (Lipinski definition) is 4. The molecule has 3 nitrogen and oxygen atoms in total. The van der Waals surface area contributed by atoms with Crippen LogP contribution in [0.1, 0.15) is 39.8 Å². The summed E-state index contributed by atoms with van der Waals surface area (Å²) < 4.78 is 0. The third-order valence-electron chi connectivity index (χ3n) is 2.97. The van der Waals surface area contributed by atoms with Gasteiger partial charge in [-0.1, -0.05) is 6.92 Å². The molecule has 0 bridgehead atoms. The number of hydrogen-bond donors (Lipinski definition) is 1. The SMILES string of the molecule is CCC(C)(NC(=O)c1ccc(C)s1)c1nccs1. The number of aromatic nitrogens is 1. The third-order valence-corrected chi connectivity index (χ3v) is 5.00. The number of carbonyl (C=O) groups excluding carboxylic acids is 1. The van der Waals surface area contributed by atoms with Crippen molar-refractivity contribution in [2.75, 3.05) is 0 Å². The number of carbonyl (C=O) groups is 1. The average molecular weight is 280 g/mol. The smallest absolute Gasteiger partial charge is 0.262 e. The molecule has 2 rings (SSSR count). The van der Waals surface area contributed by atoms with Crippen LogP contribution in [0, 0.1) is 6.92 Å². The Bertz CT molecular complexity index is 533. The summed E-state index contributed by atoms with van der Waals surface area (Å²) in [6.07, 6.45) is 2.59. The lowest BCUT2D eigenvalue weighted by Crippen LogP contribution is -2.42. The summed E-state index contributed by atoms with van der Waals surface area (Å²) in [5, 5.41) is 5.98. The number of rotatable bonds is 4. The maximum atomic E-state index is 12.2. The minimum atomic E-state index is -0.386. The quantitative estimate of drug-likeness (QED) is 0.930. The Kier molecular flexibility index (Phi) is 3.82. The molecule has 0 aliphatic rings. The van der Waals surface area contributed by atoms with Gasteiger partial charge in [0.25, 0.3) is 5.91 Å². The largest absolute Gasteiger partial charge is 0.340 e. The van der Waals surface area contributed by atoms with Crippen molar-refractivity contribution in [3.8, 4) is 0 Å². The fourth-order valence-corrected chi connectivity index (χ4v) is 3.25. The summed E-state index contributed by atoms with van der Waals surface area (Å²) in [7, 11) is 0. The highest BCUT2D eigenvalue weighted by molar-refractivity contribution is 7.14. The zero-order chi connectivity index (χ0) is 13.2. The highest BCUT2D eigenvalue weighted by atomic mass is 32.1. The van der Waals surface area contributed by atoms with E-state index in [2.05, 4.69) is 17.2 Å². The van der Waals surface area contributed by atoms with Crippen molar-refractivity contribution in [2.45, 2.75) is 32.7 Å². The van der Waals surface area contributed by atoms with Gasteiger partial charge in [-0.3, -0.25) is 4.79 Å². The Morgan fingerprint density at radius 1 is 1.50 bits per heavy atom. The van der Waals surface area contributed by atoms with E-state index in [1.54, 1.807) is 17.5 Å². The molecular formula is C13H16N2OS2. The molecule has 1 N–H and O–H groups in total. The first-order valence-electron chi connectivity index (χ1n) is 5.84. The topological polar surface area (TPSA) is 42.0 Å². The zero-order valence-electron chi connectivity index (χ0n) is 10.7. The van der Waals surface area contributed by atoms with Crippen LogP contribution in [0.4, 0.5) is 0 Å². The van der Waals surface area contributed by atoms with Crippen LogP contribution in [-0.4, -0.2) is 10.9 Å². The second-order valence-electron chi connectivity index (χ2n) is 4.39. The van der Waals surface area contributed by atoms with Crippen molar-refractivity contribution in [3.05, 3.63) is 38.5 Å². The first-order valence-corrected chi connectivity index (χ1v) is 7.53. The molecule has 0 spiro atoms. The number of thiophene rings is 1. The van der Waals surface area contributed by atoms with Crippen LogP contribution in [0.5, 0.6) is 0 Å². The van der Waals surface area contributed by atoms with Crippen molar-refractivity contribution < 1.29 is 4.79 Å². The van der Waals surface area contributed by atoms with E-state index in [-0.39, 0.29) is 11.4 Å². The Hall–Kier alpha value is -1.20. The van der Waals surface area contributed by atoms with E-state index in [1.165, 1.54) is 11.3 Å². The van der Waals surface area contributed by atoms with Gasteiger partial charge in [0.05, 0.1) is 10.4 Å². The Morgan fingerprint density at radius 3 is 2.78 bits per heavy atom. The Balaban J connectivity index is 2.19. The molecule has 5 heteroatoms. The molecule has 0 saturated carbocycles. The summed E-state index contributed by atoms with van der Waals surface area (Å²) in [4.78, 5) is 18.4. The van der Waals surface area contributed by atoms with Crippen molar-refractivity contribution >= 4 is 28.6 Å². The molecule has 0 radical (unpaired) electrons. The Labute approximate surface area is 115 Å². The summed E-state index contributed by atoms with van der Waals surface area (Å²) in [5.41, 5.74) is -0.386. The predicted octanol–water partition coefficient (Wildman–Crippen LogP) is 3.57. The maximum absolute atomic E-state index is 12.2. The highest BCUT2D eigenvalue weighted by Crippen LogP contribution is 2.27. The van der Waals surface area contributed by atoms with E-state index < -0.39 is 0 Å². The van der Waals surface area contributed by atoms with Gasteiger partial charge in [0.2, 0.25) is 0 Å². The zero-order valence-corrected chi connectivity index (χ0v) is 12.3. The summed E-state index contributed by atoms with van der Waals surface area (Å²) >= 11 is 3.09. The normalized spacial score (nSPS) is 14.2. The van der Waals surface area contributed by atoms with E-state index in [1.807, 2.05) is 31.4 Å². The molecule has 0 aromatic carbocycles. The lowest BCUT2D eigenvalue weighted by atomic mass is 10.00. The van der Waals surface area contributed by atoms with Crippen molar-refractivity contribution in [2.24, 2.45) is 0 Å². The fourth-order valence-electron chi connectivity index (χ4n) is 1.66. The number of thiazole rings is 1. The van der Waals surface area contributed by atoms with Crippen LogP contribution in [0.25, 0.3) is 0 Å². The maximum Gasteiger partial charge on any atom is 0.262 e. The van der Waals surface area contributed by atoms with Gasteiger partial charge in [-0.2, -0.15) is 0 Å². The second-order valence-corrected chi connectivity index (χ2v) is 6.57. The molecule has 0 aliphatic heterocycles. The Morgan fingerprint density at radius 2 is 2.28 bits per heavy atom. The first kappa shape index (κ1) is 13.2. The molecule has 1 unspecified atom stereocenters. The van der Waals surface area contributed by atoms with Crippen LogP contribution in [0.15, 0.2) is 23.7 Å². The lowest BCUT2D eigenvalue weighted by molar-refractivity contribution is 0.0906. The van der Waals surface area contributed by atoms with Gasteiger partial charge in [-0.05, 0) is 32.4 Å². The summed E-state index contributed by atoms with van der Waals surface area (Å²) in [6, 6.07) is 3.83. The molecule has 1 atom stereocenters. The van der Waals surface area contributed by atoms with Gasteiger partial charge in [-0.25, -0.2) is 4.98 Å². The minimum Gasteiger partial charge on any atom is -0.340 e. The standard InChI is InChI=1S/C13H16N2OS2/c1-4-13(3,12-14-7-8-17-12)15-11(16)10-6-5-9(2)18-10/h5-8H,4H2,1-3H3,(H,15,16). The molecule has 96 valence electrons. The molecule has 0 aliphatic carbocycles. The molecule has 18 heavy (non-hydrogen) atoms. The van der Waals surface area contributed by atoms with E-state index >= 15 is 0 Å².